The smallest absolute Gasteiger partial charge is 0.0908 e. The van der Waals surface area contributed by atoms with Crippen molar-refractivity contribution in [1.29, 1.82) is 0 Å². The average molecular weight is 308 g/mol. The van der Waals surface area contributed by atoms with Crippen molar-refractivity contribution in [2.75, 3.05) is 13.2 Å². The van der Waals surface area contributed by atoms with E-state index in [1.54, 1.807) is 0 Å². The maximum Gasteiger partial charge on any atom is 0.0908 e. The monoisotopic (exact) mass is 306 g/mol. The van der Waals surface area contributed by atoms with Crippen molar-refractivity contribution in [2.45, 2.75) is 35.1 Å². The number of hydrogen-bond acceptors (Lipinski definition) is 1. The first-order chi connectivity index (χ1) is 5.92. The molecule has 5 heteroatoms. The molecule has 0 bridgehead atoms. The summed E-state index contributed by atoms with van der Waals surface area (Å²) in [5, 5.41) is 0. The lowest BCUT2D eigenvalue weighted by atomic mass is 10.2. The van der Waals surface area contributed by atoms with Crippen LogP contribution in [0.2, 0.25) is 6.04 Å². The summed E-state index contributed by atoms with van der Waals surface area (Å²) in [5.74, 6) is 0. The average Bonchev–Trinajstić information content (AvgIpc) is 1.93. The van der Waals surface area contributed by atoms with E-state index in [9.17, 15) is 0 Å². The van der Waals surface area contributed by atoms with E-state index >= 15 is 0 Å². The van der Waals surface area contributed by atoms with Gasteiger partial charge in [-0.2, -0.15) is 0 Å². The minimum absolute atomic E-state index is 0.0892. The van der Waals surface area contributed by atoms with E-state index in [0.29, 0.717) is 0 Å². The lowest BCUT2D eigenvalue weighted by Gasteiger charge is -2.15. The number of alkyl halides is 3. The van der Waals surface area contributed by atoms with Gasteiger partial charge in [0.15, 0.2) is 0 Å². The Morgan fingerprint density at radius 3 is 2.54 bits per heavy atom. The third-order valence-corrected chi connectivity index (χ3v) is 4.29. The summed E-state index contributed by atoms with van der Waals surface area (Å²) in [6.45, 7) is 5.76. The molecule has 1 nitrogen and oxygen atoms in total. The van der Waals surface area contributed by atoms with Crippen molar-refractivity contribution in [3.8, 4) is 0 Å². The van der Waals surface area contributed by atoms with Crippen LogP contribution in [0.3, 0.4) is 0 Å². The van der Waals surface area contributed by atoms with Crippen LogP contribution in [0.25, 0.3) is 0 Å². The lowest BCUT2D eigenvalue weighted by Crippen LogP contribution is -2.18. The highest BCUT2D eigenvalue weighted by atomic mass is 79.9. The Morgan fingerprint density at radius 2 is 2.08 bits per heavy atom. The standard InChI is InChI=1S/C8H17BrCl2OSi/c1-8(2,9)6-12-4-3-5-13-7(10)11/h7H,3-6,13H2,1-2H3. The zero-order valence-corrected chi connectivity index (χ0v) is 12.7. The largest absolute Gasteiger partial charge is 0.380 e. The van der Waals surface area contributed by atoms with E-state index in [2.05, 4.69) is 29.8 Å². The Kier molecular flexibility index (Phi) is 8.23. The third kappa shape index (κ3) is 13.2. The van der Waals surface area contributed by atoms with Gasteiger partial charge in [0.05, 0.1) is 20.6 Å². The molecule has 0 aliphatic rings. The van der Waals surface area contributed by atoms with Crippen LogP contribution in [0.1, 0.15) is 20.3 Å². The van der Waals surface area contributed by atoms with Crippen LogP contribution in [0.15, 0.2) is 0 Å². The Balaban J connectivity index is 3.09. The summed E-state index contributed by atoms with van der Waals surface area (Å²) in [5.41, 5.74) is 0. The molecule has 0 aliphatic heterocycles. The number of ether oxygens (including phenoxy) is 1. The fourth-order valence-electron chi connectivity index (χ4n) is 0.818. The van der Waals surface area contributed by atoms with Gasteiger partial charge in [-0.15, -0.1) is 23.2 Å². The van der Waals surface area contributed by atoms with Gasteiger partial charge in [-0.25, -0.2) is 0 Å². The molecule has 0 N–H and O–H groups in total. The van der Waals surface area contributed by atoms with Crippen LogP contribution < -0.4 is 0 Å². The normalized spacial score (nSPS) is 13.4. The molecular formula is C8H17BrCl2OSi. The molecule has 0 saturated heterocycles. The van der Waals surface area contributed by atoms with Gasteiger partial charge in [-0.05, 0) is 20.3 Å². The van der Waals surface area contributed by atoms with Crippen LogP contribution in [-0.4, -0.2) is 31.5 Å². The summed E-state index contributed by atoms with van der Waals surface area (Å²) < 4.78 is 5.47. The Morgan fingerprint density at radius 1 is 1.46 bits per heavy atom. The van der Waals surface area contributed by atoms with Gasteiger partial charge >= 0.3 is 0 Å². The van der Waals surface area contributed by atoms with Crippen molar-refractivity contribution in [1.82, 2.24) is 0 Å². The topological polar surface area (TPSA) is 9.23 Å². The molecule has 0 unspecified atom stereocenters. The molecule has 0 spiro atoms. The van der Waals surface area contributed by atoms with Gasteiger partial charge in [0.2, 0.25) is 0 Å². The summed E-state index contributed by atoms with van der Waals surface area (Å²) in [6, 6.07) is 1.17. The first-order valence-corrected chi connectivity index (χ1v) is 7.95. The predicted molar refractivity (Wildman–Crippen MR) is 67.3 cm³/mol. The van der Waals surface area contributed by atoms with Crippen molar-refractivity contribution in [2.24, 2.45) is 0 Å². The molecule has 0 saturated carbocycles. The van der Waals surface area contributed by atoms with Gasteiger partial charge in [0, 0.05) is 10.9 Å². The SMILES string of the molecule is CC(C)(Br)COCCC[SiH2]C(Cl)Cl. The number of rotatable bonds is 7. The van der Waals surface area contributed by atoms with E-state index < -0.39 is 0 Å². The number of hydrogen-bond donors (Lipinski definition) is 0. The highest BCUT2D eigenvalue weighted by molar-refractivity contribution is 9.10. The summed E-state index contributed by atoms with van der Waals surface area (Å²) in [4.78, 5) is 0. The molecule has 80 valence electrons. The summed E-state index contributed by atoms with van der Waals surface area (Å²) in [7, 11) is -0.277. The second kappa shape index (κ2) is 7.52. The van der Waals surface area contributed by atoms with Crippen molar-refractivity contribution in [3.05, 3.63) is 0 Å². The van der Waals surface area contributed by atoms with Crippen LogP contribution in [-0.2, 0) is 4.74 Å². The molecule has 0 amide bonds. The molecular weight excluding hydrogens is 291 g/mol. The number of halogens is 3. The molecule has 0 aromatic rings. The van der Waals surface area contributed by atoms with Crippen molar-refractivity contribution < 1.29 is 4.74 Å². The highest BCUT2D eigenvalue weighted by Crippen LogP contribution is 2.15. The van der Waals surface area contributed by atoms with Gasteiger partial charge < -0.3 is 4.74 Å². The lowest BCUT2D eigenvalue weighted by molar-refractivity contribution is 0.122. The molecule has 0 atom stereocenters. The molecule has 13 heavy (non-hydrogen) atoms. The summed E-state index contributed by atoms with van der Waals surface area (Å²) >= 11 is 14.8. The highest BCUT2D eigenvalue weighted by Gasteiger charge is 2.11. The Hall–Kier alpha value is 1.24. The second-order valence-electron chi connectivity index (χ2n) is 3.66. The van der Waals surface area contributed by atoms with Crippen molar-refractivity contribution in [3.63, 3.8) is 0 Å². The molecule has 0 heterocycles. The van der Waals surface area contributed by atoms with Gasteiger partial charge in [-0.1, -0.05) is 22.0 Å². The van der Waals surface area contributed by atoms with Gasteiger partial charge in [-0.3, -0.25) is 0 Å². The molecule has 0 rings (SSSR count). The predicted octanol–water partition coefficient (Wildman–Crippen LogP) is 2.91. The third-order valence-electron chi connectivity index (χ3n) is 1.41. The molecule has 0 fully saturated rings. The maximum absolute atomic E-state index is 5.64. The van der Waals surface area contributed by atoms with Crippen LogP contribution in [0.5, 0.6) is 0 Å². The minimum atomic E-state index is -0.277. The fraction of sp³-hybridized carbons (Fsp3) is 1.00. The van der Waals surface area contributed by atoms with E-state index in [1.165, 1.54) is 6.04 Å². The molecule has 0 aliphatic carbocycles. The zero-order chi connectivity index (χ0) is 10.3. The Labute approximate surface area is 101 Å². The Bertz CT molecular complexity index is 128. The van der Waals surface area contributed by atoms with Crippen LogP contribution >= 0.6 is 39.1 Å². The first-order valence-electron chi connectivity index (χ1n) is 4.46. The van der Waals surface area contributed by atoms with Crippen LogP contribution in [0.4, 0.5) is 0 Å². The quantitative estimate of drug-likeness (QED) is 0.399. The van der Waals surface area contributed by atoms with E-state index in [4.69, 9.17) is 27.9 Å². The molecule has 0 radical (unpaired) electrons. The van der Waals surface area contributed by atoms with E-state index in [1.807, 2.05) is 0 Å². The first kappa shape index (κ1) is 14.2. The molecule has 0 aromatic carbocycles. The summed E-state index contributed by atoms with van der Waals surface area (Å²) in [6.07, 6.45) is 1.09. The zero-order valence-electron chi connectivity index (χ0n) is 8.16. The minimum Gasteiger partial charge on any atom is -0.380 e. The maximum atomic E-state index is 5.64. The van der Waals surface area contributed by atoms with Crippen molar-refractivity contribution >= 4 is 48.7 Å². The van der Waals surface area contributed by atoms with E-state index in [-0.39, 0.29) is 18.3 Å². The van der Waals surface area contributed by atoms with Crippen LogP contribution in [0, 0.1) is 0 Å². The van der Waals surface area contributed by atoms with Gasteiger partial charge in [0.25, 0.3) is 0 Å². The molecule has 0 aromatic heterocycles. The van der Waals surface area contributed by atoms with E-state index in [0.717, 1.165) is 19.6 Å². The van der Waals surface area contributed by atoms with Gasteiger partial charge in [0.1, 0.15) is 0 Å². The second-order valence-corrected chi connectivity index (χ2v) is 10.2. The fourth-order valence-corrected chi connectivity index (χ4v) is 2.71.